The minimum atomic E-state index is -3.09. The maximum absolute atomic E-state index is 11.7. The van der Waals surface area contributed by atoms with E-state index < -0.39 is 10.0 Å². The fourth-order valence-corrected chi connectivity index (χ4v) is 3.52. The van der Waals surface area contributed by atoms with E-state index in [4.69, 9.17) is 0 Å². The molecule has 0 fully saturated rings. The molecule has 0 radical (unpaired) electrons. The van der Waals surface area contributed by atoms with Gasteiger partial charge in [0.2, 0.25) is 10.0 Å². The standard InChI is InChI=1S/C17H39N5O2S.HI/c1-8-25(23,24)21(7)13-9-11-19-17(18-6)20-12-10-14-22(15(2)3)16(4)5;/h15-16H,8-14H2,1-7H3,(H2,18,19,20);1H. The predicted octanol–water partition coefficient (Wildman–Crippen LogP) is 1.95. The molecule has 0 unspecified atom stereocenters. The van der Waals surface area contributed by atoms with E-state index in [-0.39, 0.29) is 29.7 Å². The number of nitrogens with zero attached hydrogens (tertiary/aromatic N) is 3. The smallest absolute Gasteiger partial charge is 0.213 e. The number of halogens is 1. The molecule has 0 aromatic rings. The molecular weight excluding hydrogens is 465 g/mol. The summed E-state index contributed by atoms with van der Waals surface area (Å²) in [6.07, 6.45) is 1.79. The van der Waals surface area contributed by atoms with Crippen molar-refractivity contribution in [3.63, 3.8) is 0 Å². The van der Waals surface area contributed by atoms with Crippen LogP contribution < -0.4 is 10.6 Å². The monoisotopic (exact) mass is 505 g/mol. The molecule has 0 heterocycles. The summed E-state index contributed by atoms with van der Waals surface area (Å²) in [5.41, 5.74) is 0. The van der Waals surface area contributed by atoms with E-state index in [0.717, 1.165) is 31.9 Å². The molecule has 0 aromatic heterocycles. The number of aliphatic imine (C=N–C) groups is 1. The zero-order valence-corrected chi connectivity index (χ0v) is 20.7. The summed E-state index contributed by atoms with van der Waals surface area (Å²) in [4.78, 5) is 6.68. The first kappa shape index (κ1) is 28.1. The molecule has 0 saturated carbocycles. The van der Waals surface area contributed by atoms with E-state index in [1.54, 1.807) is 21.0 Å². The Labute approximate surface area is 178 Å². The molecule has 9 heteroatoms. The van der Waals surface area contributed by atoms with Gasteiger partial charge < -0.3 is 10.6 Å². The summed E-state index contributed by atoms with van der Waals surface area (Å²) in [5.74, 6) is 0.908. The zero-order valence-electron chi connectivity index (χ0n) is 17.6. The van der Waals surface area contributed by atoms with Gasteiger partial charge in [-0.15, -0.1) is 24.0 Å². The van der Waals surface area contributed by atoms with Gasteiger partial charge in [0.25, 0.3) is 0 Å². The molecule has 158 valence electrons. The van der Waals surface area contributed by atoms with Crippen LogP contribution in [0.3, 0.4) is 0 Å². The van der Waals surface area contributed by atoms with Crippen LogP contribution in [0.4, 0.5) is 0 Å². The minimum Gasteiger partial charge on any atom is -0.356 e. The Hall–Kier alpha value is -0.130. The summed E-state index contributed by atoms with van der Waals surface area (Å²) >= 11 is 0. The van der Waals surface area contributed by atoms with Gasteiger partial charge in [0, 0.05) is 52.4 Å². The van der Waals surface area contributed by atoms with E-state index in [1.807, 2.05) is 0 Å². The van der Waals surface area contributed by atoms with Crippen molar-refractivity contribution in [3.05, 3.63) is 0 Å². The zero-order chi connectivity index (χ0) is 19.5. The van der Waals surface area contributed by atoms with E-state index in [2.05, 4.69) is 48.2 Å². The highest BCUT2D eigenvalue weighted by atomic mass is 127. The fourth-order valence-electron chi connectivity index (χ4n) is 2.67. The first-order chi connectivity index (χ1) is 11.7. The van der Waals surface area contributed by atoms with Gasteiger partial charge in [0.1, 0.15) is 0 Å². The van der Waals surface area contributed by atoms with Crippen molar-refractivity contribution in [1.82, 2.24) is 19.8 Å². The van der Waals surface area contributed by atoms with Crippen LogP contribution in [0.25, 0.3) is 0 Å². The molecule has 7 nitrogen and oxygen atoms in total. The number of hydrogen-bond donors (Lipinski definition) is 2. The lowest BCUT2D eigenvalue weighted by Crippen LogP contribution is -2.42. The van der Waals surface area contributed by atoms with Crippen molar-refractivity contribution in [2.45, 2.75) is 59.5 Å². The first-order valence-corrected chi connectivity index (χ1v) is 10.9. The molecule has 0 saturated heterocycles. The minimum absolute atomic E-state index is 0. The van der Waals surface area contributed by atoms with Crippen LogP contribution >= 0.6 is 24.0 Å². The summed E-state index contributed by atoms with van der Waals surface area (Å²) < 4.78 is 24.8. The van der Waals surface area contributed by atoms with Gasteiger partial charge in [-0.25, -0.2) is 12.7 Å². The lowest BCUT2D eigenvalue weighted by Gasteiger charge is -2.30. The molecule has 0 aliphatic carbocycles. The van der Waals surface area contributed by atoms with Gasteiger partial charge in [-0.05, 0) is 47.5 Å². The van der Waals surface area contributed by atoms with Gasteiger partial charge in [0.05, 0.1) is 5.75 Å². The highest BCUT2D eigenvalue weighted by Crippen LogP contribution is 2.05. The van der Waals surface area contributed by atoms with Crippen LogP contribution in [0.15, 0.2) is 4.99 Å². The van der Waals surface area contributed by atoms with E-state index in [9.17, 15) is 8.42 Å². The fraction of sp³-hybridized carbons (Fsp3) is 0.941. The third-order valence-corrected chi connectivity index (χ3v) is 6.08. The Kier molecular flexibility index (Phi) is 16.1. The number of sulfonamides is 1. The van der Waals surface area contributed by atoms with E-state index >= 15 is 0 Å². The number of rotatable bonds is 12. The van der Waals surface area contributed by atoms with E-state index in [0.29, 0.717) is 25.2 Å². The average molecular weight is 506 g/mol. The molecule has 2 N–H and O–H groups in total. The lowest BCUT2D eigenvalue weighted by atomic mass is 10.2. The second kappa shape index (κ2) is 14.9. The van der Waals surface area contributed by atoms with Crippen molar-refractivity contribution >= 4 is 40.0 Å². The Morgan fingerprint density at radius 3 is 1.85 bits per heavy atom. The molecule has 26 heavy (non-hydrogen) atoms. The maximum Gasteiger partial charge on any atom is 0.213 e. The van der Waals surface area contributed by atoms with Gasteiger partial charge in [-0.2, -0.15) is 0 Å². The molecule has 0 spiro atoms. The lowest BCUT2D eigenvalue weighted by molar-refractivity contribution is 0.173. The Bertz CT molecular complexity index is 476. The van der Waals surface area contributed by atoms with Gasteiger partial charge in [0.15, 0.2) is 5.96 Å². The Balaban J connectivity index is 0. The third kappa shape index (κ3) is 11.6. The van der Waals surface area contributed by atoms with Crippen molar-refractivity contribution in [1.29, 1.82) is 0 Å². The molecule has 0 aromatic carbocycles. The summed E-state index contributed by atoms with van der Waals surface area (Å²) in [7, 11) is 0.284. The van der Waals surface area contributed by atoms with Crippen molar-refractivity contribution in [3.8, 4) is 0 Å². The molecule has 0 amide bonds. The Morgan fingerprint density at radius 1 is 1.00 bits per heavy atom. The Morgan fingerprint density at radius 2 is 1.46 bits per heavy atom. The molecule has 0 bridgehead atoms. The second-order valence-corrected chi connectivity index (χ2v) is 9.14. The van der Waals surface area contributed by atoms with Crippen molar-refractivity contribution in [2.75, 3.05) is 46.0 Å². The highest BCUT2D eigenvalue weighted by Gasteiger charge is 2.14. The topological polar surface area (TPSA) is 77.0 Å². The predicted molar refractivity (Wildman–Crippen MR) is 123 cm³/mol. The molecular formula is C17H40IN5O2S. The maximum atomic E-state index is 11.7. The second-order valence-electron chi connectivity index (χ2n) is 6.78. The van der Waals surface area contributed by atoms with Crippen LogP contribution in [0.5, 0.6) is 0 Å². The highest BCUT2D eigenvalue weighted by molar-refractivity contribution is 14.0. The number of hydrogen-bond acceptors (Lipinski definition) is 4. The molecule has 0 aliphatic heterocycles. The van der Waals surface area contributed by atoms with Gasteiger partial charge in [-0.3, -0.25) is 9.89 Å². The number of nitrogens with one attached hydrogen (secondary N) is 2. The third-order valence-electron chi connectivity index (χ3n) is 4.22. The summed E-state index contributed by atoms with van der Waals surface area (Å²) in [5, 5.41) is 6.54. The van der Waals surface area contributed by atoms with E-state index in [1.165, 1.54) is 4.31 Å². The molecule has 0 atom stereocenters. The van der Waals surface area contributed by atoms with Crippen LogP contribution in [0, 0.1) is 0 Å². The van der Waals surface area contributed by atoms with Gasteiger partial charge in [-0.1, -0.05) is 0 Å². The summed E-state index contributed by atoms with van der Waals surface area (Å²) in [6.45, 7) is 13.7. The van der Waals surface area contributed by atoms with Gasteiger partial charge >= 0.3 is 0 Å². The molecule has 0 aliphatic rings. The SMILES string of the molecule is CCS(=O)(=O)N(C)CCCNC(=NC)NCCCN(C(C)C)C(C)C.I. The summed E-state index contributed by atoms with van der Waals surface area (Å²) in [6, 6.07) is 1.10. The molecule has 0 rings (SSSR count). The van der Waals surface area contributed by atoms with Crippen molar-refractivity contribution < 1.29 is 8.42 Å². The van der Waals surface area contributed by atoms with Crippen LogP contribution in [-0.2, 0) is 10.0 Å². The first-order valence-electron chi connectivity index (χ1n) is 9.30. The number of guanidine groups is 1. The normalized spacial score (nSPS) is 12.8. The quantitative estimate of drug-likeness (QED) is 0.184. The largest absolute Gasteiger partial charge is 0.356 e. The average Bonchev–Trinajstić information content (AvgIpc) is 2.55. The van der Waals surface area contributed by atoms with Crippen molar-refractivity contribution in [2.24, 2.45) is 4.99 Å². The van der Waals surface area contributed by atoms with Crippen LogP contribution in [0.1, 0.15) is 47.5 Å². The van der Waals surface area contributed by atoms with Crippen LogP contribution in [0.2, 0.25) is 0 Å². The van der Waals surface area contributed by atoms with Crippen LogP contribution in [-0.4, -0.2) is 81.7 Å².